The second-order valence-corrected chi connectivity index (χ2v) is 10.6. The molecule has 0 radical (unpaired) electrons. The first-order chi connectivity index (χ1) is 14.8. The molecule has 186 valence electrons. The quantitative estimate of drug-likeness (QED) is 0.103. The highest BCUT2D eigenvalue weighted by molar-refractivity contribution is 14.1. The lowest BCUT2D eigenvalue weighted by Gasteiger charge is -2.23. The van der Waals surface area contributed by atoms with E-state index in [2.05, 4.69) is 14.2 Å². The van der Waals surface area contributed by atoms with Crippen LogP contribution in [0.25, 0.3) is 0 Å². The second kappa shape index (κ2) is 11.4. The monoisotopic (exact) mass is 822 g/mol. The summed E-state index contributed by atoms with van der Waals surface area (Å²) >= 11 is 1.71. The maximum absolute atomic E-state index is 13.1. The van der Waals surface area contributed by atoms with Crippen LogP contribution in [0.1, 0.15) is 33.4 Å². The van der Waals surface area contributed by atoms with Crippen molar-refractivity contribution in [1.29, 1.82) is 0 Å². The summed E-state index contributed by atoms with van der Waals surface area (Å²) in [6, 6.07) is 0. The molecule has 0 N–H and O–H groups in total. The van der Waals surface area contributed by atoms with Crippen LogP contribution in [0.2, 0.25) is 0 Å². The summed E-state index contributed by atoms with van der Waals surface area (Å²) in [7, 11) is 0. The van der Waals surface area contributed by atoms with Gasteiger partial charge in [-0.3, -0.25) is 0 Å². The smallest absolute Gasteiger partial charge is 0.390 e. The van der Waals surface area contributed by atoms with Gasteiger partial charge in [0.1, 0.15) is 19.8 Å². The third-order valence-electron chi connectivity index (χ3n) is 4.45. The second-order valence-electron chi connectivity index (χ2n) is 6.53. The summed E-state index contributed by atoms with van der Waals surface area (Å²) in [6.45, 7) is 2.23. The number of hydrogen-bond acceptors (Lipinski definition) is 6. The molecule has 1 rings (SSSR count). The van der Waals surface area contributed by atoms with Gasteiger partial charge in [0, 0.05) is 67.8 Å². The Morgan fingerprint density at radius 1 is 0.576 bits per heavy atom. The van der Waals surface area contributed by atoms with Gasteiger partial charge in [0.15, 0.2) is 0 Å². The zero-order valence-corrected chi connectivity index (χ0v) is 23.4. The predicted octanol–water partition coefficient (Wildman–Crippen LogP) is 5.82. The number of hydrogen-bond donors (Lipinski definition) is 0. The Labute approximate surface area is 224 Å². The Morgan fingerprint density at radius 3 is 0.909 bits per heavy atom. The highest BCUT2D eigenvalue weighted by atomic mass is 127. The first-order valence-electron chi connectivity index (χ1n) is 8.60. The first-order valence-corrected chi connectivity index (χ1v) is 11.8. The van der Waals surface area contributed by atoms with Crippen molar-refractivity contribution in [2.24, 2.45) is 0 Å². The van der Waals surface area contributed by atoms with E-state index in [9.17, 15) is 40.7 Å². The molecule has 0 spiro atoms. The van der Waals surface area contributed by atoms with Crippen LogP contribution in [0.15, 0.2) is 0 Å². The predicted molar refractivity (Wildman–Crippen MR) is 127 cm³/mol. The van der Waals surface area contributed by atoms with Gasteiger partial charge < -0.3 is 14.2 Å². The van der Waals surface area contributed by atoms with Crippen molar-refractivity contribution in [2.45, 2.75) is 52.4 Å². The van der Waals surface area contributed by atoms with Crippen LogP contribution in [0.3, 0.4) is 0 Å². The molecule has 0 fully saturated rings. The zero-order valence-electron chi connectivity index (χ0n) is 17.0. The third kappa shape index (κ3) is 8.53. The summed E-state index contributed by atoms with van der Waals surface area (Å²) < 4.78 is 81.2. The number of halogens is 9. The molecule has 0 aliphatic rings. The van der Waals surface area contributed by atoms with Crippen molar-refractivity contribution in [2.75, 3.05) is 0 Å². The zero-order chi connectivity index (χ0) is 25.9. The minimum Gasteiger partial charge on any atom is -0.456 e. The highest BCUT2D eigenvalue weighted by Gasteiger charge is 2.39. The molecule has 0 amide bonds. The molecule has 0 bridgehead atoms. The van der Waals surface area contributed by atoms with E-state index < -0.39 is 49.5 Å². The number of esters is 3. The lowest BCUT2D eigenvalue weighted by Crippen LogP contribution is -2.25. The van der Waals surface area contributed by atoms with Crippen molar-refractivity contribution in [1.82, 2.24) is 0 Å². The summed E-state index contributed by atoms with van der Waals surface area (Å²) in [5.74, 6) is -5.55. The average molecular weight is 822 g/mol. The van der Waals surface area contributed by atoms with Gasteiger partial charge in [-0.2, -0.15) is 26.3 Å². The van der Waals surface area contributed by atoms with Crippen molar-refractivity contribution in [3.8, 4) is 0 Å². The lowest BCUT2D eigenvalue weighted by atomic mass is 9.89. The highest BCUT2D eigenvalue weighted by Crippen LogP contribution is 2.33. The molecule has 33 heavy (non-hydrogen) atoms. The van der Waals surface area contributed by atoms with Crippen molar-refractivity contribution in [3.05, 3.63) is 33.4 Å². The standard InChI is InChI=1S/C18H15F6I3O6/c1-7-10(4-31-13(28)16(19,20)25)8(2)12(6-33-15(30)18(23,24)27)9(3)11(7)5-32-14(29)17(21,22)26/h4-6H2,1-3H3. The van der Waals surface area contributed by atoms with E-state index in [-0.39, 0.29) is 33.4 Å². The molecule has 15 heteroatoms. The SMILES string of the molecule is Cc1c(COC(=O)C(F)(F)I)c(C)c(COC(=O)C(F)(F)I)c(C)c1COC(=O)C(F)(F)I. The number of alkyl halides is 9. The number of ether oxygens (including phenoxy) is 3. The summed E-state index contributed by atoms with van der Waals surface area (Å²) in [5, 5.41) is 0. The van der Waals surface area contributed by atoms with Crippen LogP contribution in [-0.2, 0) is 48.4 Å². The molecule has 0 aromatic heterocycles. The van der Waals surface area contributed by atoms with Crippen molar-refractivity contribution < 1.29 is 54.9 Å². The van der Waals surface area contributed by atoms with Gasteiger partial charge in [0.25, 0.3) is 0 Å². The fourth-order valence-corrected chi connectivity index (χ4v) is 3.17. The number of rotatable bonds is 9. The molecule has 6 nitrogen and oxygen atoms in total. The van der Waals surface area contributed by atoms with Gasteiger partial charge >= 0.3 is 29.7 Å². The molecule has 0 unspecified atom stereocenters. The van der Waals surface area contributed by atoms with E-state index in [0.717, 1.165) is 0 Å². The van der Waals surface area contributed by atoms with E-state index in [1.165, 1.54) is 20.8 Å². The molecule has 0 aliphatic carbocycles. The fourth-order valence-electron chi connectivity index (χ4n) is 2.70. The first kappa shape index (κ1) is 30.4. The molecule has 0 aliphatic heterocycles. The normalized spacial score (nSPS) is 12.4. The van der Waals surface area contributed by atoms with Crippen molar-refractivity contribution in [3.63, 3.8) is 0 Å². The van der Waals surface area contributed by atoms with Crippen LogP contribution in [-0.4, -0.2) is 29.7 Å². The number of carbonyl (C=O) groups excluding carboxylic acids is 3. The van der Waals surface area contributed by atoms with E-state index in [4.69, 9.17) is 0 Å². The largest absolute Gasteiger partial charge is 0.456 e. The van der Waals surface area contributed by atoms with Gasteiger partial charge in [-0.05, 0) is 54.2 Å². The maximum Gasteiger partial charge on any atom is 0.390 e. The average Bonchev–Trinajstić information content (AvgIpc) is 2.64. The Hall–Kier alpha value is -0.600. The Balaban J connectivity index is 3.42. The van der Waals surface area contributed by atoms with Crippen LogP contribution in [0, 0.1) is 20.8 Å². The Morgan fingerprint density at radius 2 is 0.758 bits per heavy atom. The van der Waals surface area contributed by atoms with Gasteiger partial charge in [-0.25, -0.2) is 14.4 Å². The van der Waals surface area contributed by atoms with Crippen LogP contribution < -0.4 is 0 Å². The van der Waals surface area contributed by atoms with Gasteiger partial charge in [0.05, 0.1) is 0 Å². The van der Waals surface area contributed by atoms with Crippen molar-refractivity contribution >= 4 is 85.7 Å². The van der Waals surface area contributed by atoms with Gasteiger partial charge in [-0.15, -0.1) is 0 Å². The summed E-state index contributed by atoms with van der Waals surface area (Å²) in [5.41, 5.74) is 1.13. The molecular formula is C18H15F6I3O6. The summed E-state index contributed by atoms with van der Waals surface area (Å²) in [4.78, 5) is 34.4. The van der Waals surface area contributed by atoms with Crippen LogP contribution in [0.5, 0.6) is 0 Å². The number of benzene rings is 1. The molecular weight excluding hydrogens is 807 g/mol. The maximum atomic E-state index is 13.1. The third-order valence-corrected chi connectivity index (χ3v) is 5.77. The van der Waals surface area contributed by atoms with E-state index in [1.807, 2.05) is 0 Å². The molecule has 1 aromatic rings. The number of carbonyl (C=O) groups is 3. The fraction of sp³-hybridized carbons (Fsp3) is 0.500. The molecule has 0 atom stereocenters. The molecule has 1 aromatic carbocycles. The van der Waals surface area contributed by atoms with E-state index in [0.29, 0.717) is 67.8 Å². The van der Waals surface area contributed by atoms with Crippen LogP contribution >= 0.6 is 67.8 Å². The van der Waals surface area contributed by atoms with Gasteiger partial charge in [0.2, 0.25) is 0 Å². The molecule has 0 saturated carbocycles. The minimum atomic E-state index is -3.82. The van der Waals surface area contributed by atoms with E-state index in [1.54, 1.807) is 0 Å². The van der Waals surface area contributed by atoms with Gasteiger partial charge in [-0.1, -0.05) is 0 Å². The minimum absolute atomic E-state index is 0.120. The Kier molecular flexibility index (Phi) is 10.5. The summed E-state index contributed by atoms with van der Waals surface area (Å²) in [6.07, 6.45) is 0. The van der Waals surface area contributed by atoms with Crippen LogP contribution in [0.4, 0.5) is 26.3 Å². The topological polar surface area (TPSA) is 78.9 Å². The molecule has 0 heterocycles. The molecule has 0 saturated heterocycles. The Bertz CT molecular complexity index is 797. The van der Waals surface area contributed by atoms with E-state index >= 15 is 0 Å². The lowest BCUT2D eigenvalue weighted by molar-refractivity contribution is -0.159.